The smallest absolute Gasteiger partial charge is 0.243 e. The highest BCUT2D eigenvalue weighted by Crippen LogP contribution is 2.24. The van der Waals surface area contributed by atoms with E-state index in [0.29, 0.717) is 25.2 Å². The van der Waals surface area contributed by atoms with Gasteiger partial charge in [-0.25, -0.2) is 14.4 Å². The van der Waals surface area contributed by atoms with Gasteiger partial charge in [0.2, 0.25) is 5.91 Å². The fraction of sp³-hybridized carbons (Fsp3) is 0.615. The van der Waals surface area contributed by atoms with Gasteiger partial charge in [0.05, 0.1) is 5.69 Å². The van der Waals surface area contributed by atoms with Gasteiger partial charge in [0.25, 0.3) is 0 Å². The van der Waals surface area contributed by atoms with E-state index in [1.807, 2.05) is 20.8 Å². The van der Waals surface area contributed by atoms with Gasteiger partial charge in [-0.1, -0.05) is 20.8 Å². The van der Waals surface area contributed by atoms with E-state index in [2.05, 4.69) is 15.3 Å². The number of anilines is 1. The van der Waals surface area contributed by atoms with Crippen LogP contribution in [0.3, 0.4) is 0 Å². The van der Waals surface area contributed by atoms with Crippen LogP contribution in [0.4, 0.5) is 10.2 Å². The number of rotatable bonds is 3. The molecule has 1 aliphatic rings. The molecule has 1 saturated heterocycles. The Balaban J connectivity index is 2.41. The first-order valence-electron chi connectivity index (χ1n) is 6.60. The number of hydrogen-bond donors (Lipinski definition) is 1. The Hall–Kier alpha value is -1.72. The van der Waals surface area contributed by atoms with Crippen LogP contribution in [0.25, 0.3) is 0 Å². The molecule has 6 heteroatoms. The van der Waals surface area contributed by atoms with Gasteiger partial charge in [-0.05, 0) is 12.3 Å². The summed E-state index contributed by atoms with van der Waals surface area (Å²) in [4.78, 5) is 21.7. The highest BCUT2D eigenvalue weighted by atomic mass is 19.1. The molecule has 1 N–H and O–H groups in total. The Labute approximate surface area is 112 Å². The van der Waals surface area contributed by atoms with E-state index in [9.17, 15) is 9.18 Å². The van der Waals surface area contributed by atoms with Crippen LogP contribution in [0, 0.1) is 11.7 Å². The second-order valence-electron chi connectivity index (χ2n) is 4.98. The van der Waals surface area contributed by atoms with Crippen LogP contribution in [-0.4, -0.2) is 35.0 Å². The lowest BCUT2D eigenvalue weighted by Gasteiger charge is -2.38. The average Bonchev–Trinajstić information content (AvgIpc) is 2.38. The molecule has 0 aromatic carbocycles. The largest absolute Gasteiger partial charge is 0.353 e. The van der Waals surface area contributed by atoms with Crippen LogP contribution >= 0.6 is 0 Å². The van der Waals surface area contributed by atoms with Crippen molar-refractivity contribution in [2.24, 2.45) is 5.92 Å². The maximum absolute atomic E-state index is 14.3. The van der Waals surface area contributed by atoms with Crippen LogP contribution in [0.1, 0.15) is 26.5 Å². The molecule has 1 amide bonds. The zero-order valence-electron chi connectivity index (χ0n) is 11.5. The van der Waals surface area contributed by atoms with E-state index in [4.69, 9.17) is 0 Å². The lowest BCUT2D eigenvalue weighted by molar-refractivity contribution is -0.124. The third-order valence-electron chi connectivity index (χ3n) is 3.34. The second-order valence-corrected chi connectivity index (χ2v) is 4.98. The Bertz CT molecular complexity index is 478. The van der Waals surface area contributed by atoms with Crippen LogP contribution < -0.4 is 10.2 Å². The van der Waals surface area contributed by atoms with Crippen molar-refractivity contribution >= 4 is 11.7 Å². The van der Waals surface area contributed by atoms with Crippen molar-refractivity contribution in [3.63, 3.8) is 0 Å². The molecule has 1 aliphatic heterocycles. The molecule has 1 aromatic heterocycles. The molecule has 0 bridgehead atoms. The number of carbonyl (C=O) groups is 1. The van der Waals surface area contributed by atoms with Crippen molar-refractivity contribution in [1.29, 1.82) is 0 Å². The first-order chi connectivity index (χ1) is 9.06. The molecule has 0 aliphatic carbocycles. The van der Waals surface area contributed by atoms with Crippen molar-refractivity contribution in [1.82, 2.24) is 15.3 Å². The number of piperazine rings is 1. The number of hydrogen-bond acceptors (Lipinski definition) is 4. The van der Waals surface area contributed by atoms with Crippen molar-refractivity contribution in [3.8, 4) is 0 Å². The molecule has 1 unspecified atom stereocenters. The monoisotopic (exact) mass is 266 g/mol. The third-order valence-corrected chi connectivity index (χ3v) is 3.34. The fourth-order valence-corrected chi connectivity index (χ4v) is 2.43. The Morgan fingerprint density at radius 2 is 2.26 bits per heavy atom. The standard InChI is InChI=1S/C13H19FN4O/c1-4-9-10(14)12(17-7-16-9)18-6-5-15-13(19)11(18)8(2)3/h7-8,11H,4-6H2,1-3H3,(H,15,19). The van der Waals surface area contributed by atoms with Gasteiger partial charge in [-0.3, -0.25) is 4.79 Å². The minimum Gasteiger partial charge on any atom is -0.353 e. The van der Waals surface area contributed by atoms with Gasteiger partial charge < -0.3 is 10.2 Å². The van der Waals surface area contributed by atoms with Gasteiger partial charge in [0.15, 0.2) is 11.6 Å². The molecule has 0 saturated carbocycles. The highest BCUT2D eigenvalue weighted by Gasteiger charge is 2.34. The van der Waals surface area contributed by atoms with Crippen molar-refractivity contribution in [3.05, 3.63) is 17.8 Å². The third kappa shape index (κ3) is 2.52. The van der Waals surface area contributed by atoms with Gasteiger partial charge in [-0.2, -0.15) is 0 Å². The molecule has 104 valence electrons. The summed E-state index contributed by atoms with van der Waals surface area (Å²) in [5.74, 6) is -0.164. The summed E-state index contributed by atoms with van der Waals surface area (Å²) in [6.07, 6.45) is 1.87. The number of halogens is 1. The summed E-state index contributed by atoms with van der Waals surface area (Å²) in [5, 5.41) is 2.81. The first-order valence-corrected chi connectivity index (χ1v) is 6.60. The second kappa shape index (κ2) is 5.50. The van der Waals surface area contributed by atoms with Crippen molar-refractivity contribution in [2.45, 2.75) is 33.2 Å². The average molecular weight is 266 g/mol. The Kier molecular flexibility index (Phi) is 3.97. The SMILES string of the molecule is CCc1ncnc(N2CCNC(=O)C2C(C)C)c1F. The molecule has 1 atom stereocenters. The summed E-state index contributed by atoms with van der Waals surface area (Å²) >= 11 is 0. The van der Waals surface area contributed by atoms with E-state index in [1.165, 1.54) is 6.33 Å². The maximum atomic E-state index is 14.3. The number of aryl methyl sites for hydroxylation is 1. The number of nitrogens with zero attached hydrogens (tertiary/aromatic N) is 3. The number of amides is 1. The summed E-state index contributed by atoms with van der Waals surface area (Å²) in [5.41, 5.74) is 0.387. The van der Waals surface area contributed by atoms with Crippen LogP contribution in [0.5, 0.6) is 0 Å². The van der Waals surface area contributed by atoms with E-state index >= 15 is 0 Å². The predicted octanol–water partition coefficient (Wildman–Crippen LogP) is 1.14. The maximum Gasteiger partial charge on any atom is 0.243 e. The molecule has 5 nitrogen and oxygen atoms in total. The van der Waals surface area contributed by atoms with Gasteiger partial charge in [0.1, 0.15) is 12.4 Å². The zero-order valence-corrected chi connectivity index (χ0v) is 11.5. The quantitative estimate of drug-likeness (QED) is 0.891. The van der Waals surface area contributed by atoms with Gasteiger partial charge >= 0.3 is 0 Å². The molecule has 1 aromatic rings. The van der Waals surface area contributed by atoms with Crippen LogP contribution in [-0.2, 0) is 11.2 Å². The normalized spacial score (nSPS) is 19.7. The van der Waals surface area contributed by atoms with Crippen LogP contribution in [0.2, 0.25) is 0 Å². The molecule has 2 rings (SSSR count). The predicted molar refractivity (Wildman–Crippen MR) is 70.3 cm³/mol. The summed E-state index contributed by atoms with van der Waals surface area (Å²) < 4.78 is 14.3. The van der Waals surface area contributed by atoms with Crippen LogP contribution in [0.15, 0.2) is 6.33 Å². The molecule has 0 radical (unpaired) electrons. The lowest BCUT2D eigenvalue weighted by atomic mass is 9.99. The zero-order chi connectivity index (χ0) is 14.0. The fourth-order valence-electron chi connectivity index (χ4n) is 2.43. The van der Waals surface area contributed by atoms with Crippen molar-refractivity contribution in [2.75, 3.05) is 18.0 Å². The Morgan fingerprint density at radius 1 is 1.53 bits per heavy atom. The summed E-state index contributed by atoms with van der Waals surface area (Å²) in [6, 6.07) is -0.386. The summed E-state index contributed by atoms with van der Waals surface area (Å²) in [7, 11) is 0. The highest BCUT2D eigenvalue weighted by molar-refractivity contribution is 5.86. The van der Waals surface area contributed by atoms with E-state index in [1.54, 1.807) is 4.90 Å². The topological polar surface area (TPSA) is 58.1 Å². The van der Waals surface area contributed by atoms with E-state index in [-0.39, 0.29) is 23.7 Å². The van der Waals surface area contributed by atoms with Crippen molar-refractivity contribution < 1.29 is 9.18 Å². The lowest BCUT2D eigenvalue weighted by Crippen LogP contribution is -2.58. The molecule has 2 heterocycles. The molecule has 1 fully saturated rings. The minimum atomic E-state index is -0.412. The summed E-state index contributed by atoms with van der Waals surface area (Å²) in [6.45, 7) is 6.81. The first kappa shape index (κ1) is 13.7. The van der Waals surface area contributed by atoms with E-state index < -0.39 is 5.82 Å². The number of aromatic nitrogens is 2. The Morgan fingerprint density at radius 3 is 2.89 bits per heavy atom. The molecule has 0 spiro atoms. The molecule has 19 heavy (non-hydrogen) atoms. The van der Waals surface area contributed by atoms with Gasteiger partial charge in [0, 0.05) is 13.1 Å². The number of carbonyl (C=O) groups excluding carboxylic acids is 1. The molecular formula is C13H19FN4O. The molecular weight excluding hydrogens is 247 g/mol. The number of nitrogens with one attached hydrogen (secondary N) is 1. The van der Waals surface area contributed by atoms with Gasteiger partial charge in [-0.15, -0.1) is 0 Å². The van der Waals surface area contributed by atoms with E-state index in [0.717, 1.165) is 0 Å². The minimum absolute atomic E-state index is 0.0719.